The van der Waals surface area contributed by atoms with Crippen LogP contribution in [0.3, 0.4) is 0 Å². The SMILES string of the molecule is O=C(C=C(O)c1cccc(C(O)=CC(=O)C(F)(F)F)c1)C(F)(F)F. The Hall–Kier alpha value is -2.78. The zero-order valence-corrected chi connectivity index (χ0v) is 11.4. The van der Waals surface area contributed by atoms with Gasteiger partial charge < -0.3 is 10.2 Å². The predicted octanol–water partition coefficient (Wildman–Crippen LogP) is 3.75. The maximum absolute atomic E-state index is 12.1. The van der Waals surface area contributed by atoms with Gasteiger partial charge in [0.15, 0.2) is 0 Å². The lowest BCUT2D eigenvalue weighted by molar-refractivity contribution is -0.165. The van der Waals surface area contributed by atoms with Crippen LogP contribution in [0.25, 0.3) is 11.5 Å². The average molecular weight is 354 g/mol. The van der Waals surface area contributed by atoms with Gasteiger partial charge in [-0.1, -0.05) is 18.2 Å². The number of halogens is 6. The van der Waals surface area contributed by atoms with E-state index < -0.39 is 35.4 Å². The zero-order chi connectivity index (χ0) is 18.7. The quantitative estimate of drug-likeness (QED) is 0.491. The molecule has 1 rings (SSSR count). The zero-order valence-electron chi connectivity index (χ0n) is 11.4. The standard InChI is InChI=1S/C14H8F6O4/c15-13(16,17)11(23)5-9(21)7-2-1-3-8(4-7)10(22)6-12(24)14(18,19)20/h1-6,21-22H. The Morgan fingerprint density at radius 3 is 1.42 bits per heavy atom. The number of ketones is 2. The molecular formula is C14H8F6O4. The lowest BCUT2D eigenvalue weighted by Crippen LogP contribution is -2.20. The number of hydrogen-bond acceptors (Lipinski definition) is 4. The van der Waals surface area contributed by atoms with Crippen molar-refractivity contribution in [3.8, 4) is 0 Å². The minimum absolute atomic E-state index is 0.124. The van der Waals surface area contributed by atoms with Crippen molar-refractivity contribution in [2.75, 3.05) is 0 Å². The molecule has 10 heteroatoms. The van der Waals surface area contributed by atoms with E-state index in [9.17, 15) is 46.1 Å². The van der Waals surface area contributed by atoms with E-state index >= 15 is 0 Å². The molecule has 0 radical (unpaired) electrons. The Kier molecular flexibility index (Phi) is 5.43. The molecule has 0 spiro atoms. The number of aliphatic hydroxyl groups excluding tert-OH is 2. The van der Waals surface area contributed by atoms with Crippen molar-refractivity contribution in [3.63, 3.8) is 0 Å². The van der Waals surface area contributed by atoms with Gasteiger partial charge in [0.25, 0.3) is 11.6 Å². The van der Waals surface area contributed by atoms with Crippen LogP contribution in [-0.4, -0.2) is 34.1 Å². The molecule has 0 saturated carbocycles. The Labute approximate surface area is 130 Å². The fourth-order valence-electron chi connectivity index (χ4n) is 1.42. The maximum atomic E-state index is 12.1. The molecule has 0 aromatic heterocycles. The van der Waals surface area contributed by atoms with Gasteiger partial charge in [0.1, 0.15) is 11.5 Å². The number of carbonyl (C=O) groups is 2. The van der Waals surface area contributed by atoms with E-state index in [1.807, 2.05) is 0 Å². The molecule has 1 aromatic rings. The van der Waals surface area contributed by atoms with Crippen LogP contribution in [-0.2, 0) is 9.59 Å². The molecule has 0 aliphatic carbocycles. The molecule has 0 heterocycles. The van der Waals surface area contributed by atoms with Gasteiger partial charge >= 0.3 is 12.4 Å². The minimum atomic E-state index is -5.22. The largest absolute Gasteiger partial charge is 0.507 e. The molecule has 130 valence electrons. The summed E-state index contributed by atoms with van der Waals surface area (Å²) >= 11 is 0. The van der Waals surface area contributed by atoms with E-state index in [4.69, 9.17) is 0 Å². The Balaban J connectivity index is 3.15. The van der Waals surface area contributed by atoms with Crippen LogP contribution in [0, 0.1) is 0 Å². The molecule has 1 aromatic carbocycles. The van der Waals surface area contributed by atoms with Crippen molar-refractivity contribution in [3.05, 3.63) is 47.5 Å². The summed E-state index contributed by atoms with van der Waals surface area (Å²) in [4.78, 5) is 21.5. The van der Waals surface area contributed by atoms with Crippen LogP contribution >= 0.6 is 0 Å². The van der Waals surface area contributed by atoms with E-state index in [0.29, 0.717) is 0 Å². The van der Waals surface area contributed by atoms with Gasteiger partial charge in [-0.3, -0.25) is 9.59 Å². The Bertz CT molecular complexity index is 655. The second kappa shape index (κ2) is 6.77. The third-order valence-corrected chi connectivity index (χ3v) is 2.55. The number of alkyl halides is 6. The molecule has 4 nitrogen and oxygen atoms in total. The molecule has 2 N–H and O–H groups in total. The van der Waals surface area contributed by atoms with E-state index in [1.54, 1.807) is 0 Å². The monoisotopic (exact) mass is 354 g/mol. The highest BCUT2D eigenvalue weighted by molar-refractivity contribution is 6.00. The van der Waals surface area contributed by atoms with Crippen LogP contribution in [0.5, 0.6) is 0 Å². The summed E-state index contributed by atoms with van der Waals surface area (Å²) in [7, 11) is 0. The van der Waals surface area contributed by atoms with Crippen LogP contribution < -0.4 is 0 Å². The molecular weight excluding hydrogens is 346 g/mol. The number of aliphatic hydroxyl groups is 2. The molecule has 24 heavy (non-hydrogen) atoms. The van der Waals surface area contributed by atoms with Crippen LogP contribution in [0.2, 0.25) is 0 Å². The molecule has 0 bridgehead atoms. The third-order valence-electron chi connectivity index (χ3n) is 2.55. The first-order chi connectivity index (χ1) is 10.8. The number of benzene rings is 1. The van der Waals surface area contributed by atoms with Crippen molar-refractivity contribution in [2.24, 2.45) is 0 Å². The lowest BCUT2D eigenvalue weighted by Gasteiger charge is -2.06. The van der Waals surface area contributed by atoms with Gasteiger partial charge in [0.2, 0.25) is 0 Å². The van der Waals surface area contributed by atoms with Crippen LogP contribution in [0.4, 0.5) is 26.3 Å². The predicted molar refractivity (Wildman–Crippen MR) is 69.8 cm³/mol. The Morgan fingerprint density at radius 1 is 0.792 bits per heavy atom. The van der Waals surface area contributed by atoms with Gasteiger partial charge in [-0.05, 0) is 6.07 Å². The second-order valence-electron chi connectivity index (χ2n) is 4.36. The van der Waals surface area contributed by atoms with Crippen molar-refractivity contribution >= 4 is 23.1 Å². The summed E-state index contributed by atoms with van der Waals surface area (Å²) in [5.74, 6) is -6.93. The Morgan fingerprint density at radius 2 is 1.12 bits per heavy atom. The molecule has 0 saturated heterocycles. The fraction of sp³-hybridized carbons (Fsp3) is 0.143. The van der Waals surface area contributed by atoms with Gasteiger partial charge in [-0.15, -0.1) is 0 Å². The van der Waals surface area contributed by atoms with Gasteiger partial charge in [0.05, 0.1) is 0 Å². The summed E-state index contributed by atoms with van der Waals surface area (Å²) in [6.07, 6.45) is -10.7. The van der Waals surface area contributed by atoms with Crippen molar-refractivity contribution in [2.45, 2.75) is 12.4 Å². The first-order valence-electron chi connectivity index (χ1n) is 5.97. The second-order valence-corrected chi connectivity index (χ2v) is 4.36. The molecule has 0 aliphatic rings. The van der Waals surface area contributed by atoms with Crippen molar-refractivity contribution < 1.29 is 46.1 Å². The molecule has 0 fully saturated rings. The number of carbonyl (C=O) groups excluding carboxylic acids is 2. The normalized spacial score (nSPS) is 13.8. The molecule has 0 atom stereocenters. The average Bonchev–Trinajstić information content (AvgIpc) is 2.45. The van der Waals surface area contributed by atoms with Gasteiger partial charge in [0, 0.05) is 23.3 Å². The summed E-state index contributed by atoms with van der Waals surface area (Å²) in [6.45, 7) is 0. The van der Waals surface area contributed by atoms with E-state index in [0.717, 1.165) is 24.3 Å². The molecule has 0 unspecified atom stereocenters. The lowest BCUT2D eigenvalue weighted by atomic mass is 10.1. The smallest absolute Gasteiger partial charge is 0.454 e. The van der Waals surface area contributed by atoms with Crippen molar-refractivity contribution in [1.82, 2.24) is 0 Å². The summed E-state index contributed by atoms with van der Waals surface area (Å²) in [5.41, 5.74) is -0.769. The third kappa shape index (κ3) is 5.14. The van der Waals surface area contributed by atoms with E-state index in [1.165, 1.54) is 0 Å². The van der Waals surface area contributed by atoms with E-state index in [2.05, 4.69) is 0 Å². The number of hydrogen-bond donors (Lipinski definition) is 2. The highest BCUT2D eigenvalue weighted by Gasteiger charge is 2.37. The summed E-state index contributed by atoms with van der Waals surface area (Å²) in [6, 6.07) is 3.95. The minimum Gasteiger partial charge on any atom is -0.507 e. The van der Waals surface area contributed by atoms with Crippen molar-refractivity contribution in [1.29, 1.82) is 0 Å². The van der Waals surface area contributed by atoms with E-state index in [-0.39, 0.29) is 23.3 Å². The first-order valence-corrected chi connectivity index (χ1v) is 5.97. The number of allylic oxidation sites excluding steroid dienone is 2. The highest BCUT2D eigenvalue weighted by atomic mass is 19.4. The summed E-state index contributed by atoms with van der Waals surface area (Å²) in [5, 5.41) is 18.9. The summed E-state index contributed by atoms with van der Waals surface area (Å²) < 4.78 is 72.5. The number of rotatable bonds is 4. The van der Waals surface area contributed by atoms with Crippen LogP contribution in [0.15, 0.2) is 36.4 Å². The van der Waals surface area contributed by atoms with Gasteiger partial charge in [-0.2, -0.15) is 26.3 Å². The topological polar surface area (TPSA) is 74.6 Å². The fourth-order valence-corrected chi connectivity index (χ4v) is 1.42. The van der Waals surface area contributed by atoms with Crippen LogP contribution in [0.1, 0.15) is 11.1 Å². The molecule has 0 amide bonds. The van der Waals surface area contributed by atoms with Gasteiger partial charge in [-0.25, -0.2) is 0 Å². The maximum Gasteiger partial charge on any atom is 0.454 e. The highest BCUT2D eigenvalue weighted by Crippen LogP contribution is 2.23. The first kappa shape index (κ1) is 19.3. The molecule has 0 aliphatic heterocycles.